The van der Waals surface area contributed by atoms with Crippen LogP contribution < -0.4 is 0 Å². The molecule has 0 bridgehead atoms. The van der Waals surface area contributed by atoms with E-state index in [1.54, 1.807) is 0 Å². The Morgan fingerprint density at radius 2 is 0.957 bits per heavy atom. The summed E-state index contributed by atoms with van der Waals surface area (Å²) in [6, 6.07) is 7.80. The summed E-state index contributed by atoms with van der Waals surface area (Å²) < 4.78 is 2.75. The maximum atomic E-state index is 9.82. The number of aromatic hydroxyl groups is 2. The second-order valence-electron chi connectivity index (χ2n) is 6.33. The van der Waals surface area contributed by atoms with Crippen LogP contribution in [0, 0.1) is 5.41 Å². The summed E-state index contributed by atoms with van der Waals surface area (Å²) in [5.74, 6) is 0.441. The lowest BCUT2D eigenvalue weighted by Crippen LogP contribution is -2.18. The van der Waals surface area contributed by atoms with Crippen LogP contribution in [0.5, 0.6) is 11.5 Å². The summed E-state index contributed by atoms with van der Waals surface area (Å²) in [6.07, 6.45) is 1.72. The van der Waals surface area contributed by atoms with Crippen molar-refractivity contribution in [3.63, 3.8) is 0 Å². The summed E-state index contributed by atoms with van der Waals surface area (Å²) in [7, 11) is 0. The molecule has 2 N–H and O–H groups in total. The first kappa shape index (κ1) is 19.3. The Hall–Kier alpha value is -0.0400. The van der Waals surface area contributed by atoms with Gasteiger partial charge >= 0.3 is 0 Å². The Morgan fingerprint density at radius 3 is 1.22 bits per heavy atom. The minimum Gasteiger partial charge on any atom is -0.506 e. The third-order valence-corrected chi connectivity index (χ3v) is 5.94. The van der Waals surface area contributed by atoms with E-state index in [4.69, 9.17) is 0 Å². The third-order valence-electron chi connectivity index (χ3n) is 3.52. The van der Waals surface area contributed by atoms with E-state index in [-0.39, 0.29) is 16.9 Å². The Labute approximate surface area is 169 Å². The molecule has 0 spiro atoms. The third kappa shape index (κ3) is 4.97. The van der Waals surface area contributed by atoms with Gasteiger partial charge in [0, 0.05) is 0 Å². The van der Waals surface area contributed by atoms with E-state index < -0.39 is 0 Å². The summed E-state index contributed by atoms with van der Waals surface area (Å²) in [5, 5.41) is 19.6. The fourth-order valence-corrected chi connectivity index (χ4v) is 5.17. The molecule has 0 amide bonds. The summed E-state index contributed by atoms with van der Waals surface area (Å²) >= 11 is 13.5. The Balaban J connectivity index is 2.22. The van der Waals surface area contributed by atoms with Gasteiger partial charge in [-0.05, 0) is 117 Å². The van der Waals surface area contributed by atoms with Crippen LogP contribution in [0.15, 0.2) is 42.2 Å². The molecule has 0 aliphatic carbocycles. The predicted octanol–water partition coefficient (Wildman–Crippen LogP) is 6.96. The molecule has 0 radical (unpaired) electrons. The highest BCUT2D eigenvalue weighted by Crippen LogP contribution is 2.38. The van der Waals surface area contributed by atoms with Crippen molar-refractivity contribution in [1.29, 1.82) is 0 Å². The van der Waals surface area contributed by atoms with Gasteiger partial charge < -0.3 is 10.2 Å². The van der Waals surface area contributed by atoms with Crippen molar-refractivity contribution in [2.75, 3.05) is 0 Å². The molecular weight excluding hydrogens is 556 g/mol. The molecule has 0 aliphatic heterocycles. The van der Waals surface area contributed by atoms with Gasteiger partial charge in [-0.15, -0.1) is 0 Å². The average molecular weight is 572 g/mol. The van der Waals surface area contributed by atoms with Crippen molar-refractivity contribution in [3.8, 4) is 11.5 Å². The highest BCUT2D eigenvalue weighted by Gasteiger charge is 2.21. The van der Waals surface area contributed by atoms with Crippen molar-refractivity contribution in [3.05, 3.63) is 53.3 Å². The first-order valence-electron chi connectivity index (χ1n) is 6.93. The number of halogens is 4. The van der Waals surface area contributed by atoms with Gasteiger partial charge in [0.1, 0.15) is 11.5 Å². The lowest BCUT2D eigenvalue weighted by atomic mass is 9.80. The zero-order chi connectivity index (χ0) is 17.4. The van der Waals surface area contributed by atoms with E-state index in [1.165, 1.54) is 0 Å². The number of rotatable bonds is 4. The molecule has 2 aromatic carbocycles. The number of phenols is 2. The van der Waals surface area contributed by atoms with Gasteiger partial charge in [-0.2, -0.15) is 0 Å². The van der Waals surface area contributed by atoms with Crippen LogP contribution in [0.25, 0.3) is 0 Å². The fourth-order valence-electron chi connectivity index (χ4n) is 2.61. The Bertz CT molecular complexity index is 634. The van der Waals surface area contributed by atoms with Crippen LogP contribution >= 0.6 is 63.7 Å². The van der Waals surface area contributed by atoms with Crippen molar-refractivity contribution in [2.24, 2.45) is 5.41 Å². The zero-order valence-corrected chi connectivity index (χ0v) is 19.0. The SMILES string of the molecule is CC(C)(Cc1cc(Br)c(O)c(Br)c1)Cc1cc(Br)c(O)c(Br)c1. The van der Waals surface area contributed by atoms with E-state index in [0.717, 1.165) is 24.0 Å². The second kappa shape index (κ2) is 7.46. The van der Waals surface area contributed by atoms with E-state index in [1.807, 2.05) is 24.3 Å². The Kier molecular flexibility index (Phi) is 6.26. The van der Waals surface area contributed by atoms with Crippen molar-refractivity contribution >= 4 is 63.7 Å². The quantitative estimate of drug-likeness (QED) is 0.417. The van der Waals surface area contributed by atoms with Crippen LogP contribution in [0.2, 0.25) is 0 Å². The molecule has 2 aromatic rings. The maximum absolute atomic E-state index is 9.82. The van der Waals surface area contributed by atoms with Gasteiger partial charge in [-0.1, -0.05) is 13.8 Å². The number of benzene rings is 2. The van der Waals surface area contributed by atoms with Gasteiger partial charge in [0.25, 0.3) is 0 Å². The number of hydrogen-bond acceptors (Lipinski definition) is 2. The second-order valence-corrected chi connectivity index (χ2v) is 9.75. The molecule has 0 fully saturated rings. The fraction of sp³-hybridized carbons (Fsp3) is 0.294. The van der Waals surface area contributed by atoms with Crippen molar-refractivity contribution in [1.82, 2.24) is 0 Å². The van der Waals surface area contributed by atoms with E-state index >= 15 is 0 Å². The normalized spacial score (nSPS) is 11.7. The standard InChI is InChI=1S/C17H16Br4O2/c1-17(2,7-9-3-11(18)15(22)12(19)4-9)8-10-5-13(20)16(23)14(21)6-10/h3-6,22-23H,7-8H2,1-2H3. The summed E-state index contributed by atoms with van der Waals surface area (Å²) in [4.78, 5) is 0. The molecule has 0 saturated carbocycles. The molecule has 23 heavy (non-hydrogen) atoms. The van der Waals surface area contributed by atoms with E-state index in [0.29, 0.717) is 17.9 Å². The molecule has 2 rings (SSSR count). The largest absolute Gasteiger partial charge is 0.506 e. The van der Waals surface area contributed by atoms with Crippen LogP contribution in [-0.2, 0) is 12.8 Å². The van der Waals surface area contributed by atoms with Gasteiger partial charge in [0.15, 0.2) is 0 Å². The van der Waals surface area contributed by atoms with Gasteiger partial charge in [0.2, 0.25) is 0 Å². The predicted molar refractivity (Wildman–Crippen MR) is 108 cm³/mol. The topological polar surface area (TPSA) is 40.5 Å². The molecule has 2 nitrogen and oxygen atoms in total. The lowest BCUT2D eigenvalue weighted by molar-refractivity contribution is 0.360. The molecule has 0 unspecified atom stereocenters. The number of hydrogen-bond donors (Lipinski definition) is 2. The Morgan fingerprint density at radius 1 is 0.696 bits per heavy atom. The van der Waals surface area contributed by atoms with Crippen LogP contribution in [-0.4, -0.2) is 10.2 Å². The number of phenolic OH excluding ortho intramolecular Hbond substituents is 2. The average Bonchev–Trinajstić information content (AvgIpc) is 2.41. The molecule has 6 heteroatoms. The molecular formula is C17H16Br4O2. The van der Waals surface area contributed by atoms with Crippen molar-refractivity contribution in [2.45, 2.75) is 26.7 Å². The highest BCUT2D eigenvalue weighted by atomic mass is 79.9. The monoisotopic (exact) mass is 568 g/mol. The van der Waals surface area contributed by atoms with Crippen LogP contribution in [0.3, 0.4) is 0 Å². The summed E-state index contributed by atoms with van der Waals surface area (Å²) in [5.41, 5.74) is 2.30. The minimum atomic E-state index is 0.0195. The van der Waals surface area contributed by atoms with E-state index in [9.17, 15) is 10.2 Å². The molecule has 0 saturated heterocycles. The van der Waals surface area contributed by atoms with E-state index in [2.05, 4.69) is 77.6 Å². The van der Waals surface area contributed by atoms with Gasteiger partial charge in [0.05, 0.1) is 17.9 Å². The first-order valence-corrected chi connectivity index (χ1v) is 10.1. The van der Waals surface area contributed by atoms with Crippen molar-refractivity contribution < 1.29 is 10.2 Å². The molecule has 0 aliphatic rings. The summed E-state index contributed by atoms with van der Waals surface area (Å²) in [6.45, 7) is 4.41. The lowest BCUT2D eigenvalue weighted by Gasteiger charge is -2.25. The maximum Gasteiger partial charge on any atom is 0.143 e. The van der Waals surface area contributed by atoms with Crippen LogP contribution in [0.1, 0.15) is 25.0 Å². The van der Waals surface area contributed by atoms with Gasteiger partial charge in [-0.3, -0.25) is 0 Å². The van der Waals surface area contributed by atoms with Gasteiger partial charge in [-0.25, -0.2) is 0 Å². The molecule has 0 aromatic heterocycles. The highest BCUT2D eigenvalue weighted by molar-refractivity contribution is 9.11. The molecule has 124 valence electrons. The zero-order valence-electron chi connectivity index (χ0n) is 12.6. The first-order chi connectivity index (χ1) is 10.6. The smallest absolute Gasteiger partial charge is 0.143 e. The molecule has 0 heterocycles. The van der Waals surface area contributed by atoms with Crippen LogP contribution in [0.4, 0.5) is 0 Å². The molecule has 0 atom stereocenters. The minimum absolute atomic E-state index is 0.0195.